The second kappa shape index (κ2) is 12.2. The Hall–Kier alpha value is -4.80. The first kappa shape index (κ1) is 26.8. The lowest BCUT2D eigenvalue weighted by molar-refractivity contribution is -0.140. The van der Waals surface area contributed by atoms with E-state index in [9.17, 15) is 14.4 Å². The quantitative estimate of drug-likeness (QED) is 0.213. The molecule has 194 valence electrons. The van der Waals surface area contributed by atoms with Crippen LogP contribution in [0.15, 0.2) is 76.3 Å². The fourth-order valence-electron chi connectivity index (χ4n) is 3.42. The van der Waals surface area contributed by atoms with Gasteiger partial charge in [0.05, 0.1) is 20.1 Å². The maximum Gasteiger partial charge on any atom is 0.354 e. The molecule has 0 bridgehead atoms. The van der Waals surface area contributed by atoms with Crippen molar-refractivity contribution >= 4 is 17.6 Å². The van der Waals surface area contributed by atoms with Gasteiger partial charge in [-0.25, -0.2) is 14.2 Å². The number of hydrogen-bond acceptors (Lipinski definition) is 9. The van der Waals surface area contributed by atoms with Crippen LogP contribution in [0.5, 0.6) is 5.75 Å². The van der Waals surface area contributed by atoms with Crippen molar-refractivity contribution in [2.45, 2.75) is 33.4 Å². The summed E-state index contributed by atoms with van der Waals surface area (Å²) >= 11 is 0. The van der Waals surface area contributed by atoms with Crippen LogP contribution in [0.25, 0.3) is 0 Å². The molecule has 3 aromatic rings. The Balaban J connectivity index is 1.98. The lowest BCUT2D eigenvalue weighted by Crippen LogP contribution is -2.43. The lowest BCUT2D eigenvalue weighted by atomic mass is 10.1. The summed E-state index contributed by atoms with van der Waals surface area (Å²) in [6, 6.07) is 12.8. The summed E-state index contributed by atoms with van der Waals surface area (Å²) in [5, 5.41) is 3.06. The maximum absolute atomic E-state index is 13.3. The van der Waals surface area contributed by atoms with Crippen LogP contribution < -0.4 is 32.9 Å². The zero-order valence-corrected chi connectivity index (χ0v) is 20.9. The normalized spacial score (nSPS) is 11.5. The topological polar surface area (TPSA) is 156 Å². The molecular formula is C26H30N6O5. The number of carbonyl (C=O) groups is 1. The average molecular weight is 507 g/mol. The first-order valence-electron chi connectivity index (χ1n) is 11.5. The third-order valence-electron chi connectivity index (χ3n) is 5.41. The van der Waals surface area contributed by atoms with Crippen molar-refractivity contribution in [1.82, 2.24) is 14.1 Å². The highest BCUT2D eigenvalue weighted by Gasteiger charge is 2.16. The third kappa shape index (κ3) is 7.10. The second-order valence-electron chi connectivity index (χ2n) is 8.21. The van der Waals surface area contributed by atoms with E-state index in [1.807, 2.05) is 38.1 Å². The molecule has 5 N–H and O–H groups in total. The summed E-state index contributed by atoms with van der Waals surface area (Å²) < 4.78 is 12.5. The summed E-state index contributed by atoms with van der Waals surface area (Å²) in [6.07, 6.45) is 4.27. The van der Waals surface area contributed by atoms with Gasteiger partial charge in [-0.1, -0.05) is 29.8 Å². The number of allylic oxidation sites excluding steroid dienone is 2. The molecule has 11 nitrogen and oxygen atoms in total. The first-order chi connectivity index (χ1) is 17.7. The minimum absolute atomic E-state index is 0.0606. The summed E-state index contributed by atoms with van der Waals surface area (Å²) in [5.41, 5.74) is 13.0. The Morgan fingerprint density at radius 2 is 1.84 bits per heavy atom. The van der Waals surface area contributed by atoms with E-state index in [1.54, 1.807) is 24.3 Å². The van der Waals surface area contributed by atoms with Crippen LogP contribution in [0.1, 0.15) is 23.1 Å². The fourth-order valence-corrected chi connectivity index (χ4v) is 3.42. The van der Waals surface area contributed by atoms with Gasteiger partial charge in [0.1, 0.15) is 5.75 Å². The van der Waals surface area contributed by atoms with Crippen LogP contribution in [0, 0.1) is 13.8 Å². The standard InChI is InChI=1S/C26H30N6O5/c1-17-6-8-19(9-7-17)16-32-24(30-25(34)31(26(32)35)14-12-23(33)36-3)29-20-10-11-21(18(2)15-20)37-22(28)5-4-13-27/h4-11,13,15H,12,14,16,27-28H2,1-3H3,(H,29,30,34)/b13-4-,22-5+. The average Bonchev–Trinajstić information content (AvgIpc) is 2.87. The maximum atomic E-state index is 13.3. The molecule has 1 heterocycles. The number of rotatable bonds is 10. The lowest BCUT2D eigenvalue weighted by Gasteiger charge is -2.16. The van der Waals surface area contributed by atoms with Crippen molar-refractivity contribution in [1.29, 1.82) is 0 Å². The van der Waals surface area contributed by atoms with E-state index in [0.29, 0.717) is 11.4 Å². The highest BCUT2D eigenvalue weighted by Crippen LogP contribution is 2.24. The molecule has 0 radical (unpaired) electrons. The Morgan fingerprint density at radius 1 is 1.11 bits per heavy atom. The number of anilines is 2. The molecule has 37 heavy (non-hydrogen) atoms. The van der Waals surface area contributed by atoms with E-state index in [2.05, 4.69) is 15.0 Å². The van der Waals surface area contributed by atoms with Gasteiger partial charge in [0, 0.05) is 12.2 Å². The minimum Gasteiger partial charge on any atom is -0.469 e. The highest BCUT2D eigenvalue weighted by atomic mass is 16.5. The minimum atomic E-state index is -0.779. The number of nitrogens with one attached hydrogen (secondary N) is 1. The van der Waals surface area contributed by atoms with Crippen molar-refractivity contribution in [3.8, 4) is 5.75 Å². The summed E-state index contributed by atoms with van der Waals surface area (Å²) in [7, 11) is 1.24. The Kier molecular flexibility index (Phi) is 8.87. The molecule has 0 amide bonds. The van der Waals surface area contributed by atoms with Crippen LogP contribution in [0.4, 0.5) is 11.6 Å². The Bertz CT molecular complexity index is 1440. The smallest absolute Gasteiger partial charge is 0.354 e. The molecule has 1 aromatic heterocycles. The monoisotopic (exact) mass is 506 g/mol. The van der Waals surface area contributed by atoms with E-state index < -0.39 is 17.3 Å². The SMILES string of the molecule is COC(=O)CCn1c(=O)nc(Nc2ccc(O/C(N)=C/C=C\N)c(C)c2)n(Cc2ccc(C)cc2)c1=O. The number of nitrogens with two attached hydrogens (primary N) is 2. The van der Waals surface area contributed by atoms with Crippen molar-refractivity contribution in [2.75, 3.05) is 12.4 Å². The number of aryl methyl sites for hydroxylation is 2. The van der Waals surface area contributed by atoms with Crippen LogP contribution in [0.2, 0.25) is 0 Å². The molecule has 0 spiro atoms. The van der Waals surface area contributed by atoms with Crippen LogP contribution in [-0.4, -0.2) is 27.2 Å². The van der Waals surface area contributed by atoms with Gasteiger partial charge in [-0.3, -0.25) is 9.36 Å². The van der Waals surface area contributed by atoms with E-state index in [0.717, 1.165) is 21.3 Å². The van der Waals surface area contributed by atoms with Crippen LogP contribution in [-0.2, 0) is 22.6 Å². The molecule has 0 saturated heterocycles. The summed E-state index contributed by atoms with van der Waals surface area (Å²) in [4.78, 5) is 41.8. The highest BCUT2D eigenvalue weighted by molar-refractivity contribution is 5.69. The van der Waals surface area contributed by atoms with Crippen LogP contribution >= 0.6 is 0 Å². The molecule has 0 unspecified atom stereocenters. The molecule has 11 heteroatoms. The van der Waals surface area contributed by atoms with Crippen LogP contribution in [0.3, 0.4) is 0 Å². The Morgan fingerprint density at radius 3 is 2.49 bits per heavy atom. The molecular weight excluding hydrogens is 476 g/mol. The first-order valence-corrected chi connectivity index (χ1v) is 11.5. The zero-order chi connectivity index (χ0) is 26.9. The molecule has 3 rings (SSSR count). The third-order valence-corrected chi connectivity index (χ3v) is 5.41. The van der Waals surface area contributed by atoms with Gasteiger partial charge in [-0.15, -0.1) is 0 Å². The van der Waals surface area contributed by atoms with Crippen molar-refractivity contribution < 1.29 is 14.3 Å². The van der Waals surface area contributed by atoms with E-state index in [1.165, 1.54) is 24.0 Å². The Labute approximate surface area is 213 Å². The van der Waals surface area contributed by atoms with Gasteiger partial charge in [0.25, 0.3) is 0 Å². The molecule has 0 atom stereocenters. The number of methoxy groups -OCH3 is 1. The molecule has 0 aliphatic rings. The second-order valence-corrected chi connectivity index (χ2v) is 8.21. The molecule has 0 fully saturated rings. The van der Waals surface area contributed by atoms with Gasteiger partial charge in [-0.2, -0.15) is 4.98 Å². The predicted molar refractivity (Wildman–Crippen MR) is 140 cm³/mol. The number of benzene rings is 2. The number of carbonyl (C=O) groups excluding carboxylic acids is 1. The van der Waals surface area contributed by atoms with Crippen molar-refractivity contribution in [3.05, 3.63) is 104 Å². The van der Waals surface area contributed by atoms with Crippen molar-refractivity contribution in [2.24, 2.45) is 11.5 Å². The fraction of sp³-hybridized carbons (Fsp3) is 0.231. The molecule has 2 aromatic carbocycles. The summed E-state index contributed by atoms with van der Waals surface area (Å²) in [5.74, 6) is 0.207. The number of ether oxygens (including phenoxy) is 2. The van der Waals surface area contributed by atoms with E-state index >= 15 is 0 Å². The zero-order valence-electron chi connectivity index (χ0n) is 20.9. The molecule has 0 saturated carbocycles. The molecule has 0 aliphatic carbocycles. The van der Waals surface area contributed by atoms with Gasteiger partial charge >= 0.3 is 17.3 Å². The number of nitrogens with zero attached hydrogens (tertiary/aromatic N) is 3. The van der Waals surface area contributed by atoms with E-state index in [4.69, 9.17) is 16.2 Å². The summed E-state index contributed by atoms with van der Waals surface area (Å²) in [6.45, 7) is 3.80. The molecule has 0 aliphatic heterocycles. The van der Waals surface area contributed by atoms with Gasteiger partial charge in [-0.05, 0) is 61.5 Å². The van der Waals surface area contributed by atoms with Gasteiger partial charge in [0.15, 0.2) is 5.88 Å². The predicted octanol–water partition coefficient (Wildman–Crippen LogP) is 2.03. The largest absolute Gasteiger partial charge is 0.469 e. The van der Waals surface area contributed by atoms with Gasteiger partial charge in [0.2, 0.25) is 5.95 Å². The number of hydrogen-bond donors (Lipinski definition) is 3. The van der Waals surface area contributed by atoms with Crippen molar-refractivity contribution in [3.63, 3.8) is 0 Å². The van der Waals surface area contributed by atoms with Gasteiger partial charge < -0.3 is 26.3 Å². The van der Waals surface area contributed by atoms with E-state index in [-0.39, 0.29) is 31.3 Å². The number of aromatic nitrogens is 3. The number of esters is 1.